The van der Waals surface area contributed by atoms with E-state index in [9.17, 15) is 9.00 Å². The highest BCUT2D eigenvalue weighted by atomic mass is 32.2. The predicted octanol–water partition coefficient (Wildman–Crippen LogP) is 4.51. The lowest BCUT2D eigenvalue weighted by Crippen LogP contribution is -2.35. The number of aryl methyl sites for hydroxylation is 1. The molecular weight excluding hydrogens is 482 g/mol. The number of amides is 1. The number of likely N-dealkylation sites (tertiary alicyclic amines) is 1. The summed E-state index contributed by atoms with van der Waals surface area (Å²) in [7, 11) is 4.45. The molecule has 1 amide bonds. The molecule has 4 rings (SSSR count). The summed E-state index contributed by atoms with van der Waals surface area (Å²) in [5.41, 5.74) is 6.91. The number of carbonyl (C=O) groups excluding carboxylic acids is 1. The fraction of sp³-hybridized carbons (Fsp3) is 0.379. The minimum atomic E-state index is -1.12. The Labute approximate surface area is 223 Å². The second-order valence-corrected chi connectivity index (χ2v) is 11.3. The third kappa shape index (κ3) is 6.13. The van der Waals surface area contributed by atoms with Crippen LogP contribution in [-0.4, -0.2) is 77.7 Å². The first-order valence-corrected chi connectivity index (χ1v) is 14.1. The van der Waals surface area contributed by atoms with Crippen molar-refractivity contribution < 1.29 is 9.00 Å². The molecule has 8 heteroatoms. The van der Waals surface area contributed by atoms with Crippen molar-refractivity contribution in [3.05, 3.63) is 76.5 Å². The Kier molecular flexibility index (Phi) is 8.17. The number of benzene rings is 2. The summed E-state index contributed by atoms with van der Waals surface area (Å²) in [4.78, 5) is 17.9. The second kappa shape index (κ2) is 11.3. The number of hydrazone groups is 1. The minimum absolute atomic E-state index is 0.0297. The number of hydrogen-bond donors (Lipinski definition) is 1. The van der Waals surface area contributed by atoms with Crippen molar-refractivity contribution in [2.75, 3.05) is 52.3 Å². The van der Waals surface area contributed by atoms with E-state index in [0.29, 0.717) is 5.56 Å². The largest absolute Gasteiger partial charge is 0.378 e. The van der Waals surface area contributed by atoms with E-state index in [0.717, 1.165) is 53.3 Å². The van der Waals surface area contributed by atoms with Crippen molar-refractivity contribution >= 4 is 34.2 Å². The van der Waals surface area contributed by atoms with Crippen LogP contribution in [0.2, 0.25) is 0 Å². The third-order valence-corrected chi connectivity index (χ3v) is 7.73. The van der Waals surface area contributed by atoms with Crippen LogP contribution in [0.3, 0.4) is 0 Å². The lowest BCUT2D eigenvalue weighted by atomic mass is 9.92. The Hall–Kier alpha value is -3.39. The quantitative estimate of drug-likeness (QED) is 0.583. The zero-order chi connectivity index (χ0) is 26.7. The molecule has 7 nitrogen and oxygen atoms in total. The monoisotopic (exact) mass is 519 g/mol. The van der Waals surface area contributed by atoms with Gasteiger partial charge in [-0.05, 0) is 66.6 Å². The van der Waals surface area contributed by atoms with Gasteiger partial charge >= 0.3 is 0 Å². The van der Waals surface area contributed by atoms with Crippen LogP contribution in [0, 0.1) is 6.92 Å². The van der Waals surface area contributed by atoms with Gasteiger partial charge in [-0.25, -0.2) is 0 Å². The molecule has 1 saturated heterocycles. The van der Waals surface area contributed by atoms with E-state index in [1.54, 1.807) is 25.3 Å². The third-order valence-electron chi connectivity index (χ3n) is 6.75. The number of hydrogen-bond acceptors (Lipinski definition) is 6. The van der Waals surface area contributed by atoms with Crippen LogP contribution in [0.1, 0.15) is 46.4 Å². The second-order valence-electron chi connectivity index (χ2n) is 9.98. The van der Waals surface area contributed by atoms with Crippen LogP contribution in [0.15, 0.2) is 64.2 Å². The summed E-state index contributed by atoms with van der Waals surface area (Å²) in [6.45, 7) is 6.61. The van der Waals surface area contributed by atoms with Crippen molar-refractivity contribution in [2.24, 2.45) is 5.10 Å². The number of nitrogens with zero attached hydrogens (tertiary/aromatic N) is 4. The van der Waals surface area contributed by atoms with E-state index in [1.165, 1.54) is 11.3 Å². The molecule has 2 atom stereocenters. The molecular formula is C29H37N5O2S. The molecule has 37 heavy (non-hydrogen) atoms. The normalized spacial score (nSPS) is 17.1. The molecule has 196 valence electrons. The van der Waals surface area contributed by atoms with Crippen LogP contribution < -0.4 is 5.32 Å². The highest BCUT2D eigenvalue weighted by Crippen LogP contribution is 2.31. The van der Waals surface area contributed by atoms with E-state index in [4.69, 9.17) is 0 Å². The topological polar surface area (TPSA) is 68.2 Å². The average molecular weight is 520 g/mol. The number of piperidine rings is 1. The number of likely N-dealkylation sites (N-methyl/N-ethyl adjacent to an activating group) is 1. The molecule has 0 saturated carbocycles. The molecule has 1 unspecified atom stereocenters. The van der Waals surface area contributed by atoms with Crippen molar-refractivity contribution in [3.8, 4) is 0 Å². The van der Waals surface area contributed by atoms with Gasteiger partial charge in [0.15, 0.2) is 0 Å². The lowest BCUT2D eigenvalue weighted by molar-refractivity contribution is 0.0827. The van der Waals surface area contributed by atoms with Crippen molar-refractivity contribution in [3.63, 3.8) is 0 Å². The first-order chi connectivity index (χ1) is 17.6. The van der Waals surface area contributed by atoms with Crippen LogP contribution in [0.5, 0.6) is 0 Å². The molecule has 0 bridgehead atoms. The maximum atomic E-state index is 13.3. The van der Waals surface area contributed by atoms with Crippen LogP contribution in [-0.2, 0) is 10.8 Å². The van der Waals surface area contributed by atoms with E-state index in [2.05, 4.69) is 46.7 Å². The molecule has 2 aromatic rings. The summed E-state index contributed by atoms with van der Waals surface area (Å²) in [6.07, 6.45) is 9.02. The minimum Gasteiger partial charge on any atom is -0.378 e. The van der Waals surface area contributed by atoms with Crippen LogP contribution in [0.25, 0.3) is 6.08 Å². The van der Waals surface area contributed by atoms with Gasteiger partial charge in [-0.1, -0.05) is 24.3 Å². The fourth-order valence-corrected chi connectivity index (χ4v) is 5.53. The Balaban J connectivity index is 1.69. The zero-order valence-corrected chi connectivity index (χ0v) is 23.4. The van der Waals surface area contributed by atoms with Crippen molar-refractivity contribution in [1.82, 2.24) is 14.8 Å². The molecule has 2 aliphatic heterocycles. The number of nitrogens with one attached hydrogen (secondary N) is 1. The maximum absolute atomic E-state index is 13.3. The van der Waals surface area contributed by atoms with Crippen molar-refractivity contribution in [2.45, 2.75) is 31.2 Å². The van der Waals surface area contributed by atoms with E-state index >= 15 is 0 Å². The highest BCUT2D eigenvalue weighted by molar-refractivity contribution is 7.84. The van der Waals surface area contributed by atoms with Crippen LogP contribution >= 0.6 is 0 Å². The summed E-state index contributed by atoms with van der Waals surface area (Å²) in [6, 6.07) is 11.7. The molecule has 0 spiro atoms. The van der Waals surface area contributed by atoms with Gasteiger partial charge in [0.25, 0.3) is 5.91 Å². The average Bonchev–Trinajstić information content (AvgIpc) is 2.87. The smallest absolute Gasteiger partial charge is 0.253 e. The van der Waals surface area contributed by atoms with Crippen LogP contribution in [0.4, 0.5) is 5.69 Å². The highest BCUT2D eigenvalue weighted by Gasteiger charge is 2.23. The first kappa shape index (κ1) is 26.7. The summed E-state index contributed by atoms with van der Waals surface area (Å²) >= 11 is 0. The predicted molar refractivity (Wildman–Crippen MR) is 153 cm³/mol. The molecule has 2 aromatic carbocycles. The number of fused-ring (bicyclic) bond motifs is 1. The van der Waals surface area contributed by atoms with Gasteiger partial charge in [-0.2, -0.15) is 5.10 Å². The van der Waals surface area contributed by atoms with E-state index < -0.39 is 10.8 Å². The van der Waals surface area contributed by atoms with Gasteiger partial charge in [0.1, 0.15) is 0 Å². The zero-order valence-electron chi connectivity index (χ0n) is 22.6. The van der Waals surface area contributed by atoms with Gasteiger partial charge in [-0.3, -0.25) is 14.0 Å². The van der Waals surface area contributed by atoms with E-state index in [-0.39, 0.29) is 11.9 Å². The maximum Gasteiger partial charge on any atom is 0.253 e. The number of anilines is 1. The molecule has 1 N–H and O–H groups in total. The van der Waals surface area contributed by atoms with Gasteiger partial charge in [-0.15, -0.1) is 0 Å². The molecule has 0 radical (unpaired) electrons. The summed E-state index contributed by atoms with van der Waals surface area (Å²) in [5, 5.41) is 10.2. The van der Waals surface area contributed by atoms with Gasteiger partial charge in [0.2, 0.25) is 0 Å². The SMILES string of the molecule is Cc1cc(C(=O)N(C)C)c(/C=C/N2CCC3=NN(C)CC=C3C2)c([C@@H](C)Nc2ccccc2S(C)=O)c1. The van der Waals surface area contributed by atoms with Gasteiger partial charge in [0.05, 0.1) is 33.6 Å². The number of carbonyl (C=O) groups is 1. The number of para-hydroxylation sites is 1. The van der Waals surface area contributed by atoms with Gasteiger partial charge < -0.3 is 15.1 Å². The molecule has 2 heterocycles. The Morgan fingerprint density at radius 2 is 2.00 bits per heavy atom. The van der Waals surface area contributed by atoms with Crippen molar-refractivity contribution in [1.29, 1.82) is 0 Å². The lowest BCUT2D eigenvalue weighted by Gasteiger charge is -2.32. The summed E-state index contributed by atoms with van der Waals surface area (Å²) < 4.78 is 12.3. The standard InChI is InChI=1S/C29H37N5O2S/c1-20-17-24(21(2)30-27-9-7-8-10-28(27)37(6)36)23(25(18-20)29(35)32(3)4)12-15-34-16-13-26-22(19-34)11-14-33(5)31-26/h7-12,15,17-18,21,30H,13-14,16,19H2,1-6H3/b15-12+/t21-,37?/m1/s1. The Bertz CT molecular complexity index is 1300. The number of rotatable bonds is 7. The Morgan fingerprint density at radius 3 is 2.73 bits per heavy atom. The molecule has 0 aliphatic carbocycles. The molecule has 1 fully saturated rings. The summed E-state index contributed by atoms with van der Waals surface area (Å²) in [5.74, 6) is -0.0297. The molecule has 0 aromatic heterocycles. The fourth-order valence-electron chi connectivity index (χ4n) is 4.83. The first-order valence-electron chi connectivity index (χ1n) is 12.6. The van der Waals surface area contributed by atoms with Gasteiger partial charge in [0, 0.05) is 58.5 Å². The van der Waals surface area contributed by atoms with E-state index in [1.807, 2.05) is 49.3 Å². The molecule has 2 aliphatic rings. The Morgan fingerprint density at radius 1 is 1.24 bits per heavy atom.